The van der Waals surface area contributed by atoms with E-state index < -0.39 is 11.2 Å². The largest absolute Gasteiger partial charge is 0.334 e. The monoisotopic (exact) mass is 240 g/mol. The summed E-state index contributed by atoms with van der Waals surface area (Å²) in [6.45, 7) is 0. The van der Waals surface area contributed by atoms with Gasteiger partial charge in [0.05, 0.1) is 17.3 Å². The molecule has 88 valence electrons. The molecule has 0 spiro atoms. The molecule has 3 heterocycles. The summed E-state index contributed by atoms with van der Waals surface area (Å²) in [5.74, 6) is 0. The van der Waals surface area contributed by atoms with Gasteiger partial charge in [0, 0.05) is 12.4 Å². The van der Waals surface area contributed by atoms with Crippen LogP contribution < -0.4 is 11.2 Å². The second-order valence-electron chi connectivity index (χ2n) is 3.68. The molecule has 0 amide bonds. The maximum Gasteiger partial charge on any atom is 0.334 e. The van der Waals surface area contributed by atoms with Crippen LogP contribution >= 0.6 is 0 Å². The Morgan fingerprint density at radius 1 is 1.11 bits per heavy atom. The summed E-state index contributed by atoms with van der Waals surface area (Å²) in [5.41, 5.74) is -0.0934. The number of H-pyrrole nitrogens is 1. The van der Waals surface area contributed by atoms with Crippen molar-refractivity contribution in [2.75, 3.05) is 0 Å². The first kappa shape index (κ1) is 10.4. The molecule has 0 atom stereocenters. The summed E-state index contributed by atoms with van der Waals surface area (Å²) in [6.07, 6.45) is 4.68. The molecule has 0 unspecified atom stereocenters. The zero-order chi connectivity index (χ0) is 12.5. The van der Waals surface area contributed by atoms with Gasteiger partial charge < -0.3 is 0 Å². The Balaban J connectivity index is 2.50. The summed E-state index contributed by atoms with van der Waals surface area (Å²) in [6, 6.07) is 6.70. The third-order valence-corrected chi connectivity index (χ3v) is 2.57. The van der Waals surface area contributed by atoms with E-state index >= 15 is 0 Å². The summed E-state index contributed by atoms with van der Waals surface area (Å²) < 4.78 is 1.32. The molecule has 3 aromatic heterocycles. The average molecular weight is 240 g/mol. The Bertz CT molecular complexity index is 821. The predicted octanol–water partition coefficient (Wildman–Crippen LogP) is 0.469. The van der Waals surface area contributed by atoms with E-state index in [1.54, 1.807) is 30.5 Å². The van der Waals surface area contributed by atoms with Crippen LogP contribution in [0.25, 0.3) is 16.7 Å². The number of hydrogen-bond donors (Lipinski definition) is 1. The first-order valence-corrected chi connectivity index (χ1v) is 5.28. The lowest BCUT2D eigenvalue weighted by Crippen LogP contribution is -2.29. The Morgan fingerprint density at radius 2 is 1.94 bits per heavy atom. The van der Waals surface area contributed by atoms with Gasteiger partial charge in [-0.3, -0.25) is 14.8 Å². The average Bonchev–Trinajstić information content (AvgIpc) is 2.40. The molecule has 0 saturated heterocycles. The molecule has 0 saturated carbocycles. The van der Waals surface area contributed by atoms with Crippen LogP contribution in [0, 0.1) is 0 Å². The Labute approximate surface area is 101 Å². The van der Waals surface area contributed by atoms with Gasteiger partial charge in [-0.1, -0.05) is 0 Å². The number of aromatic amines is 1. The fourth-order valence-electron chi connectivity index (χ4n) is 1.79. The molecule has 6 nitrogen and oxygen atoms in total. The second kappa shape index (κ2) is 3.92. The molecule has 0 radical (unpaired) electrons. The van der Waals surface area contributed by atoms with Crippen molar-refractivity contribution >= 4 is 11.0 Å². The van der Waals surface area contributed by atoms with Gasteiger partial charge in [-0.05, 0) is 24.3 Å². The highest BCUT2D eigenvalue weighted by Gasteiger charge is 2.09. The molecule has 3 aromatic rings. The van der Waals surface area contributed by atoms with Gasteiger partial charge in [-0.2, -0.15) is 0 Å². The van der Waals surface area contributed by atoms with E-state index in [9.17, 15) is 9.59 Å². The Kier molecular flexibility index (Phi) is 2.26. The molecule has 0 aliphatic rings. The molecular weight excluding hydrogens is 232 g/mol. The van der Waals surface area contributed by atoms with Gasteiger partial charge >= 0.3 is 5.69 Å². The minimum absolute atomic E-state index is 0.319. The minimum atomic E-state index is -0.529. The van der Waals surface area contributed by atoms with E-state index in [1.165, 1.54) is 17.0 Å². The summed E-state index contributed by atoms with van der Waals surface area (Å²) >= 11 is 0. The van der Waals surface area contributed by atoms with Crippen molar-refractivity contribution in [2.24, 2.45) is 0 Å². The van der Waals surface area contributed by atoms with Crippen LogP contribution in [0.2, 0.25) is 0 Å². The van der Waals surface area contributed by atoms with Crippen molar-refractivity contribution in [3.63, 3.8) is 0 Å². The molecule has 18 heavy (non-hydrogen) atoms. The van der Waals surface area contributed by atoms with Crippen molar-refractivity contribution in [2.45, 2.75) is 0 Å². The first-order valence-electron chi connectivity index (χ1n) is 5.28. The number of hydrogen-bond acceptors (Lipinski definition) is 4. The van der Waals surface area contributed by atoms with Gasteiger partial charge in [0.15, 0.2) is 5.65 Å². The van der Waals surface area contributed by atoms with Gasteiger partial charge in [0.25, 0.3) is 5.56 Å². The minimum Gasteiger partial charge on any atom is -0.273 e. The normalized spacial score (nSPS) is 10.7. The fraction of sp³-hybridized carbons (Fsp3) is 0. The number of aromatic nitrogens is 4. The maximum absolute atomic E-state index is 11.9. The van der Waals surface area contributed by atoms with Crippen molar-refractivity contribution in [3.8, 4) is 5.69 Å². The lowest BCUT2D eigenvalue weighted by Gasteiger charge is -2.07. The molecular formula is C12H8N4O2. The quantitative estimate of drug-likeness (QED) is 0.670. The van der Waals surface area contributed by atoms with Crippen molar-refractivity contribution in [1.29, 1.82) is 0 Å². The summed E-state index contributed by atoms with van der Waals surface area (Å²) in [5, 5.41) is 0.362. The van der Waals surface area contributed by atoms with Crippen molar-refractivity contribution < 1.29 is 0 Å². The van der Waals surface area contributed by atoms with Gasteiger partial charge in [0.2, 0.25) is 0 Å². The molecule has 0 fully saturated rings. The van der Waals surface area contributed by atoms with E-state index in [4.69, 9.17) is 0 Å². The number of nitrogens with one attached hydrogen (secondary N) is 1. The summed E-state index contributed by atoms with van der Waals surface area (Å²) in [7, 11) is 0. The van der Waals surface area contributed by atoms with Gasteiger partial charge in [-0.25, -0.2) is 14.3 Å². The topological polar surface area (TPSA) is 80.6 Å². The fourth-order valence-corrected chi connectivity index (χ4v) is 1.79. The lowest BCUT2D eigenvalue weighted by atomic mass is 10.3. The highest BCUT2D eigenvalue weighted by molar-refractivity contribution is 5.74. The Morgan fingerprint density at radius 3 is 2.72 bits per heavy atom. The second-order valence-corrected chi connectivity index (χ2v) is 3.68. The van der Waals surface area contributed by atoms with Crippen LogP contribution in [0.1, 0.15) is 0 Å². The molecule has 0 bridgehead atoms. The number of rotatable bonds is 1. The zero-order valence-electron chi connectivity index (χ0n) is 9.20. The Hall–Kier alpha value is -2.76. The zero-order valence-corrected chi connectivity index (χ0v) is 9.20. The molecule has 6 heteroatoms. The summed E-state index contributed by atoms with van der Waals surface area (Å²) in [4.78, 5) is 33.9. The van der Waals surface area contributed by atoms with Gasteiger partial charge in [0.1, 0.15) is 0 Å². The van der Waals surface area contributed by atoms with Gasteiger partial charge in [-0.15, -0.1) is 0 Å². The van der Waals surface area contributed by atoms with Crippen LogP contribution in [0.15, 0.2) is 52.4 Å². The molecule has 3 rings (SSSR count). The van der Waals surface area contributed by atoms with E-state index in [2.05, 4.69) is 15.0 Å². The van der Waals surface area contributed by atoms with Crippen LogP contribution in [-0.4, -0.2) is 19.5 Å². The molecule has 1 N–H and O–H groups in total. The standard InChI is InChI=1S/C12H8N4O2/c17-11-9-4-2-6-14-10(9)16(12(18)15-11)8-3-1-5-13-7-8/h1-7H,(H,15,17,18). The predicted molar refractivity (Wildman–Crippen MR) is 65.8 cm³/mol. The molecule has 0 aliphatic heterocycles. The molecule has 0 aliphatic carbocycles. The molecule has 0 aromatic carbocycles. The van der Waals surface area contributed by atoms with Crippen LogP contribution in [-0.2, 0) is 0 Å². The smallest absolute Gasteiger partial charge is 0.273 e. The SMILES string of the molecule is O=c1[nH]c(=O)n(-c2cccnc2)c2ncccc12. The van der Waals surface area contributed by atoms with E-state index in [0.29, 0.717) is 16.7 Å². The highest BCUT2D eigenvalue weighted by atomic mass is 16.2. The van der Waals surface area contributed by atoms with E-state index in [-0.39, 0.29) is 0 Å². The maximum atomic E-state index is 11.9. The third kappa shape index (κ3) is 1.51. The van der Waals surface area contributed by atoms with Crippen molar-refractivity contribution in [1.82, 2.24) is 19.5 Å². The third-order valence-electron chi connectivity index (χ3n) is 2.57. The number of nitrogens with zero attached hydrogens (tertiary/aromatic N) is 3. The van der Waals surface area contributed by atoms with E-state index in [1.807, 2.05) is 0 Å². The van der Waals surface area contributed by atoms with E-state index in [0.717, 1.165) is 0 Å². The van der Waals surface area contributed by atoms with Crippen molar-refractivity contribution in [3.05, 3.63) is 63.7 Å². The van der Waals surface area contributed by atoms with Crippen LogP contribution in [0.3, 0.4) is 0 Å². The number of pyridine rings is 2. The van der Waals surface area contributed by atoms with Crippen LogP contribution in [0.5, 0.6) is 0 Å². The van der Waals surface area contributed by atoms with Crippen LogP contribution in [0.4, 0.5) is 0 Å². The first-order chi connectivity index (χ1) is 8.77. The highest BCUT2D eigenvalue weighted by Crippen LogP contribution is 2.08. The lowest BCUT2D eigenvalue weighted by molar-refractivity contribution is 0.919. The number of fused-ring (bicyclic) bond motifs is 1.